The molecule has 138 valence electrons. The molecular weight excluding hydrogens is 396 g/mol. The van der Waals surface area contributed by atoms with E-state index < -0.39 is 6.10 Å². The molecule has 1 aliphatic rings. The number of benzene rings is 2. The average molecular weight is 419 g/mol. The first-order valence-corrected chi connectivity index (χ1v) is 9.53. The van der Waals surface area contributed by atoms with Gasteiger partial charge in [-0.1, -0.05) is 40.2 Å². The molecule has 1 amide bonds. The van der Waals surface area contributed by atoms with Crippen molar-refractivity contribution in [1.82, 2.24) is 5.32 Å². The van der Waals surface area contributed by atoms with Gasteiger partial charge in [0.15, 0.2) is 0 Å². The van der Waals surface area contributed by atoms with Gasteiger partial charge in [-0.2, -0.15) is 0 Å². The highest BCUT2D eigenvalue weighted by atomic mass is 79.9. The van der Waals surface area contributed by atoms with Gasteiger partial charge in [0.05, 0.1) is 25.7 Å². The summed E-state index contributed by atoms with van der Waals surface area (Å²) in [6, 6.07) is 15.5. The highest BCUT2D eigenvalue weighted by Gasteiger charge is 2.13. The lowest BCUT2D eigenvalue weighted by Crippen LogP contribution is -2.36. The molecule has 6 heteroatoms. The maximum atomic E-state index is 12.0. The molecule has 1 atom stereocenters. The number of aliphatic hydroxyl groups excluding tert-OH is 1. The summed E-state index contributed by atoms with van der Waals surface area (Å²) in [6.07, 6.45) is -0.418. The lowest BCUT2D eigenvalue weighted by atomic mass is 10.1. The number of halogens is 1. The fourth-order valence-corrected chi connectivity index (χ4v) is 3.17. The Kier molecular flexibility index (Phi) is 6.66. The second-order valence-electron chi connectivity index (χ2n) is 6.31. The van der Waals surface area contributed by atoms with Crippen LogP contribution in [0.2, 0.25) is 0 Å². The Bertz CT molecular complexity index is 713. The van der Waals surface area contributed by atoms with Crippen LogP contribution in [0.4, 0.5) is 5.69 Å². The van der Waals surface area contributed by atoms with Crippen molar-refractivity contribution >= 4 is 27.5 Å². The minimum atomic E-state index is -0.720. The molecule has 1 saturated heterocycles. The van der Waals surface area contributed by atoms with Crippen molar-refractivity contribution in [1.29, 1.82) is 0 Å². The number of ether oxygens (including phenoxy) is 1. The smallest absolute Gasteiger partial charge is 0.224 e. The summed E-state index contributed by atoms with van der Waals surface area (Å²) in [7, 11) is 0. The van der Waals surface area contributed by atoms with E-state index in [4.69, 9.17) is 4.74 Å². The van der Waals surface area contributed by atoms with Crippen molar-refractivity contribution in [3.05, 3.63) is 64.1 Å². The van der Waals surface area contributed by atoms with Crippen LogP contribution < -0.4 is 10.2 Å². The zero-order chi connectivity index (χ0) is 18.4. The summed E-state index contributed by atoms with van der Waals surface area (Å²) >= 11 is 3.37. The third-order valence-electron chi connectivity index (χ3n) is 4.42. The highest BCUT2D eigenvalue weighted by Crippen LogP contribution is 2.20. The van der Waals surface area contributed by atoms with Crippen LogP contribution in [0.15, 0.2) is 53.0 Å². The van der Waals surface area contributed by atoms with E-state index >= 15 is 0 Å². The van der Waals surface area contributed by atoms with E-state index in [2.05, 4.69) is 26.1 Å². The summed E-state index contributed by atoms with van der Waals surface area (Å²) in [5.74, 6) is -0.101. The van der Waals surface area contributed by atoms with Crippen LogP contribution >= 0.6 is 15.9 Å². The molecule has 1 heterocycles. The first kappa shape index (κ1) is 18.9. The fourth-order valence-electron chi connectivity index (χ4n) is 2.91. The molecule has 0 aliphatic carbocycles. The Morgan fingerprint density at radius 2 is 1.77 bits per heavy atom. The first-order valence-electron chi connectivity index (χ1n) is 8.74. The number of carbonyl (C=O) groups is 1. The van der Waals surface area contributed by atoms with Crippen molar-refractivity contribution in [2.75, 3.05) is 37.7 Å². The number of rotatable bonds is 6. The van der Waals surface area contributed by atoms with Crippen molar-refractivity contribution < 1.29 is 14.6 Å². The molecule has 1 aliphatic heterocycles. The highest BCUT2D eigenvalue weighted by molar-refractivity contribution is 9.10. The summed E-state index contributed by atoms with van der Waals surface area (Å²) in [6.45, 7) is 3.46. The molecule has 26 heavy (non-hydrogen) atoms. The first-order chi connectivity index (χ1) is 12.6. The third-order valence-corrected chi connectivity index (χ3v) is 4.95. The molecule has 0 spiro atoms. The Labute approximate surface area is 162 Å². The van der Waals surface area contributed by atoms with E-state index in [9.17, 15) is 9.90 Å². The van der Waals surface area contributed by atoms with Gasteiger partial charge in [0.1, 0.15) is 0 Å². The lowest BCUT2D eigenvalue weighted by Gasteiger charge is -2.29. The molecule has 2 N–H and O–H groups in total. The van der Waals surface area contributed by atoms with Crippen LogP contribution in [0.3, 0.4) is 0 Å². The van der Waals surface area contributed by atoms with E-state index in [1.54, 1.807) is 0 Å². The minimum absolute atomic E-state index is 0.101. The molecule has 5 nitrogen and oxygen atoms in total. The molecule has 0 radical (unpaired) electrons. The number of nitrogens with one attached hydrogen (secondary N) is 1. The number of aliphatic hydroxyl groups is 1. The Hall–Kier alpha value is -1.89. The minimum Gasteiger partial charge on any atom is -0.387 e. The van der Waals surface area contributed by atoms with Crippen molar-refractivity contribution in [2.45, 2.75) is 12.5 Å². The van der Waals surface area contributed by atoms with Crippen LogP contribution in [-0.4, -0.2) is 43.9 Å². The molecule has 1 unspecified atom stereocenters. The van der Waals surface area contributed by atoms with Gasteiger partial charge in [-0.15, -0.1) is 0 Å². The van der Waals surface area contributed by atoms with Crippen LogP contribution in [0.25, 0.3) is 0 Å². The quantitative estimate of drug-likeness (QED) is 0.756. The zero-order valence-electron chi connectivity index (χ0n) is 14.5. The van der Waals surface area contributed by atoms with Crippen LogP contribution in [0.5, 0.6) is 0 Å². The van der Waals surface area contributed by atoms with E-state index in [1.165, 1.54) is 0 Å². The Morgan fingerprint density at radius 3 is 2.42 bits per heavy atom. The van der Waals surface area contributed by atoms with Gasteiger partial charge >= 0.3 is 0 Å². The summed E-state index contributed by atoms with van der Waals surface area (Å²) < 4.78 is 6.35. The predicted octanol–water partition coefficient (Wildman–Crippen LogP) is 2.68. The molecule has 0 saturated carbocycles. The van der Waals surface area contributed by atoms with Crippen LogP contribution in [0.1, 0.15) is 17.2 Å². The van der Waals surface area contributed by atoms with E-state index in [0.29, 0.717) is 6.42 Å². The monoisotopic (exact) mass is 418 g/mol. The maximum Gasteiger partial charge on any atom is 0.224 e. The number of morpholine rings is 1. The van der Waals surface area contributed by atoms with Gasteiger partial charge < -0.3 is 20.1 Å². The third kappa shape index (κ3) is 5.30. The molecule has 1 fully saturated rings. The van der Waals surface area contributed by atoms with Gasteiger partial charge in [0.25, 0.3) is 0 Å². The number of hydrogen-bond acceptors (Lipinski definition) is 4. The topological polar surface area (TPSA) is 61.8 Å². The van der Waals surface area contributed by atoms with E-state index in [1.807, 2.05) is 48.5 Å². The van der Waals surface area contributed by atoms with Crippen molar-refractivity contribution in [2.24, 2.45) is 0 Å². The summed E-state index contributed by atoms with van der Waals surface area (Å²) in [5, 5.41) is 13.1. The lowest BCUT2D eigenvalue weighted by molar-refractivity contribution is -0.120. The molecule has 2 aromatic rings. The van der Waals surface area contributed by atoms with Gasteiger partial charge in [0.2, 0.25) is 5.91 Å². The second-order valence-corrected chi connectivity index (χ2v) is 7.23. The maximum absolute atomic E-state index is 12.0. The second kappa shape index (κ2) is 9.16. The molecule has 3 rings (SSSR count). The van der Waals surface area contributed by atoms with Gasteiger partial charge in [-0.3, -0.25) is 4.79 Å². The van der Waals surface area contributed by atoms with Gasteiger partial charge in [0, 0.05) is 29.8 Å². The predicted molar refractivity (Wildman–Crippen MR) is 105 cm³/mol. The summed E-state index contributed by atoms with van der Waals surface area (Å²) in [4.78, 5) is 14.3. The molecular formula is C20H23BrN2O3. The number of anilines is 1. The summed E-state index contributed by atoms with van der Waals surface area (Å²) in [5.41, 5.74) is 2.87. The molecule has 2 aromatic carbocycles. The number of nitrogens with zero attached hydrogens (tertiary/aromatic N) is 1. The van der Waals surface area contributed by atoms with Crippen LogP contribution in [0, 0.1) is 0 Å². The van der Waals surface area contributed by atoms with Crippen LogP contribution in [-0.2, 0) is 16.0 Å². The number of carbonyl (C=O) groups excluding carboxylic acids is 1. The molecule has 0 aromatic heterocycles. The SMILES string of the molecule is O=C(Cc1ccc(Br)cc1)NCC(O)c1ccc(N2CCOCC2)cc1. The van der Waals surface area contributed by atoms with E-state index in [-0.39, 0.29) is 12.5 Å². The zero-order valence-corrected chi connectivity index (χ0v) is 16.1. The Balaban J connectivity index is 1.48. The standard InChI is InChI=1S/C20H23BrN2O3/c21-17-5-1-15(2-6-17)13-20(25)22-14-19(24)16-3-7-18(8-4-16)23-9-11-26-12-10-23/h1-8,19,24H,9-14H2,(H,22,25). The van der Waals surface area contributed by atoms with Crippen molar-refractivity contribution in [3.8, 4) is 0 Å². The normalized spacial score (nSPS) is 15.5. The van der Waals surface area contributed by atoms with Gasteiger partial charge in [-0.05, 0) is 35.4 Å². The average Bonchev–Trinajstić information content (AvgIpc) is 2.69. The molecule has 0 bridgehead atoms. The van der Waals surface area contributed by atoms with Gasteiger partial charge in [-0.25, -0.2) is 0 Å². The van der Waals surface area contributed by atoms with Crippen molar-refractivity contribution in [3.63, 3.8) is 0 Å². The number of amides is 1. The fraction of sp³-hybridized carbons (Fsp3) is 0.350. The van der Waals surface area contributed by atoms with E-state index in [0.717, 1.165) is 47.6 Å². The Morgan fingerprint density at radius 1 is 1.12 bits per heavy atom. The number of hydrogen-bond donors (Lipinski definition) is 2. The largest absolute Gasteiger partial charge is 0.387 e.